The van der Waals surface area contributed by atoms with E-state index in [0.717, 1.165) is 135 Å². The molecule has 0 aromatic heterocycles. The molecule has 0 spiro atoms. The number of carbonyl (C=O) groups is 2. The van der Waals surface area contributed by atoms with Gasteiger partial charge in [-0.1, -0.05) is 204 Å². The predicted octanol–water partition coefficient (Wildman–Crippen LogP) is 17.9. The molecule has 0 heterocycles. The first-order chi connectivity index (χ1) is 32.6. The average Bonchev–Trinajstić information content (AvgIpc) is 3.32. The second-order valence-electron chi connectivity index (χ2n) is 16.3. The molecule has 0 saturated carbocycles. The highest BCUT2D eigenvalue weighted by Gasteiger charge is 2.17. The van der Waals surface area contributed by atoms with Gasteiger partial charge in [-0.15, -0.1) is 0 Å². The van der Waals surface area contributed by atoms with Crippen LogP contribution in [0, 0.1) is 0 Å². The Morgan fingerprint density at radius 2 is 0.712 bits per heavy atom. The van der Waals surface area contributed by atoms with E-state index in [1.54, 1.807) is 0 Å². The summed E-state index contributed by atoms with van der Waals surface area (Å²) in [6, 6.07) is 0. The van der Waals surface area contributed by atoms with Crippen LogP contribution in [0.1, 0.15) is 188 Å². The molecule has 0 bridgehead atoms. The molecule has 0 amide bonds. The molecule has 0 rings (SSSR count). The van der Waals surface area contributed by atoms with Crippen molar-refractivity contribution in [1.29, 1.82) is 0 Å². The molecular formula is C61H94O5. The summed E-state index contributed by atoms with van der Waals surface area (Å²) in [5, 5.41) is 0. The normalized spacial score (nSPS) is 13.6. The third-order valence-electron chi connectivity index (χ3n) is 10.0. The molecule has 5 heteroatoms. The van der Waals surface area contributed by atoms with Gasteiger partial charge in [0.2, 0.25) is 0 Å². The van der Waals surface area contributed by atoms with Crippen LogP contribution >= 0.6 is 0 Å². The molecule has 1 atom stereocenters. The molecule has 0 radical (unpaired) electrons. The highest BCUT2D eigenvalue weighted by Crippen LogP contribution is 2.11. The van der Waals surface area contributed by atoms with Crippen LogP contribution in [-0.4, -0.2) is 37.9 Å². The summed E-state index contributed by atoms with van der Waals surface area (Å²) < 4.78 is 17.3. The van der Waals surface area contributed by atoms with Gasteiger partial charge in [-0.3, -0.25) is 9.59 Å². The molecular weight excluding hydrogens is 813 g/mol. The Morgan fingerprint density at radius 1 is 0.348 bits per heavy atom. The van der Waals surface area contributed by atoms with Crippen LogP contribution in [0.5, 0.6) is 0 Å². The van der Waals surface area contributed by atoms with E-state index in [2.05, 4.69) is 173 Å². The van der Waals surface area contributed by atoms with E-state index >= 15 is 0 Å². The fourth-order valence-electron chi connectivity index (χ4n) is 6.24. The summed E-state index contributed by atoms with van der Waals surface area (Å²) in [5.74, 6) is -0.550. The van der Waals surface area contributed by atoms with Crippen LogP contribution in [0.2, 0.25) is 0 Å². The molecule has 0 aromatic rings. The highest BCUT2D eigenvalue weighted by atomic mass is 16.6. The number of carbonyl (C=O) groups excluding carboxylic acids is 2. The lowest BCUT2D eigenvalue weighted by Gasteiger charge is -2.18. The van der Waals surface area contributed by atoms with Gasteiger partial charge in [0.15, 0.2) is 6.10 Å². The van der Waals surface area contributed by atoms with Gasteiger partial charge in [-0.25, -0.2) is 0 Å². The average molecular weight is 907 g/mol. The van der Waals surface area contributed by atoms with Gasteiger partial charge in [0.1, 0.15) is 6.61 Å². The van der Waals surface area contributed by atoms with Crippen molar-refractivity contribution >= 4 is 11.9 Å². The SMILES string of the molecule is CC/C=C\C/C=C\C/C=C\C/C=C\C/C=C\C/C=C\CCC(=O)OCC(COCCCC/C=C\C/C=C\C/C=C\C/C=C\C/C=C\CC)OC(=O)CCCCCCC/C=C\C/C=C\CCC. The van der Waals surface area contributed by atoms with E-state index in [1.807, 2.05) is 6.08 Å². The van der Waals surface area contributed by atoms with Crippen molar-refractivity contribution in [2.75, 3.05) is 19.8 Å². The maximum absolute atomic E-state index is 12.8. The van der Waals surface area contributed by atoms with Crippen LogP contribution in [0.4, 0.5) is 0 Å². The number of ether oxygens (including phenoxy) is 3. The minimum atomic E-state index is -0.609. The molecule has 0 aromatic carbocycles. The first-order valence-electron chi connectivity index (χ1n) is 26.0. The Balaban J connectivity index is 4.52. The lowest BCUT2D eigenvalue weighted by Crippen LogP contribution is -2.30. The minimum absolute atomic E-state index is 0.0102. The zero-order valence-corrected chi connectivity index (χ0v) is 42.1. The second-order valence-corrected chi connectivity index (χ2v) is 16.3. The van der Waals surface area contributed by atoms with Gasteiger partial charge in [0, 0.05) is 19.4 Å². The van der Waals surface area contributed by atoms with Crippen LogP contribution in [0.3, 0.4) is 0 Å². The van der Waals surface area contributed by atoms with Gasteiger partial charge in [0.25, 0.3) is 0 Å². The highest BCUT2D eigenvalue weighted by molar-refractivity contribution is 5.70. The van der Waals surface area contributed by atoms with Gasteiger partial charge in [0.05, 0.1) is 6.61 Å². The maximum Gasteiger partial charge on any atom is 0.306 e. The first kappa shape index (κ1) is 61.5. The Morgan fingerprint density at radius 3 is 1.15 bits per heavy atom. The van der Waals surface area contributed by atoms with Crippen molar-refractivity contribution < 1.29 is 23.8 Å². The number of rotatable bonds is 45. The summed E-state index contributed by atoms with van der Waals surface area (Å²) in [6.45, 7) is 7.31. The molecule has 0 aliphatic heterocycles. The molecule has 0 saturated heterocycles. The largest absolute Gasteiger partial charge is 0.462 e. The fourth-order valence-corrected chi connectivity index (χ4v) is 6.24. The lowest BCUT2D eigenvalue weighted by atomic mass is 10.1. The van der Waals surface area contributed by atoms with Crippen LogP contribution in [0.15, 0.2) is 158 Å². The quantitative estimate of drug-likeness (QED) is 0.0346. The number of hydrogen-bond donors (Lipinski definition) is 0. The summed E-state index contributed by atoms with van der Waals surface area (Å²) in [7, 11) is 0. The smallest absolute Gasteiger partial charge is 0.306 e. The maximum atomic E-state index is 12.8. The van der Waals surface area contributed by atoms with Crippen molar-refractivity contribution in [3.63, 3.8) is 0 Å². The number of esters is 2. The molecule has 1 unspecified atom stereocenters. The Kier molecular flexibility index (Phi) is 51.1. The molecule has 5 nitrogen and oxygen atoms in total. The Labute approximate surface area is 405 Å². The van der Waals surface area contributed by atoms with E-state index in [-0.39, 0.29) is 31.6 Å². The van der Waals surface area contributed by atoms with Gasteiger partial charge in [-0.2, -0.15) is 0 Å². The van der Waals surface area contributed by atoms with Crippen molar-refractivity contribution in [3.05, 3.63) is 158 Å². The van der Waals surface area contributed by atoms with E-state index in [0.29, 0.717) is 19.4 Å². The Bertz CT molecular complexity index is 1490. The summed E-state index contributed by atoms with van der Waals surface area (Å²) in [4.78, 5) is 25.4. The minimum Gasteiger partial charge on any atom is -0.462 e. The zero-order chi connectivity index (χ0) is 47.7. The van der Waals surface area contributed by atoms with E-state index in [1.165, 1.54) is 12.8 Å². The molecule has 0 fully saturated rings. The van der Waals surface area contributed by atoms with E-state index in [9.17, 15) is 9.59 Å². The van der Waals surface area contributed by atoms with Crippen molar-refractivity contribution in [2.24, 2.45) is 0 Å². The lowest BCUT2D eigenvalue weighted by molar-refractivity contribution is -0.162. The van der Waals surface area contributed by atoms with Gasteiger partial charge in [-0.05, 0) is 128 Å². The predicted molar refractivity (Wildman–Crippen MR) is 288 cm³/mol. The zero-order valence-electron chi connectivity index (χ0n) is 42.1. The van der Waals surface area contributed by atoms with E-state index in [4.69, 9.17) is 14.2 Å². The van der Waals surface area contributed by atoms with Gasteiger partial charge >= 0.3 is 11.9 Å². The standard InChI is InChI=1S/C61H94O5/c1-4-7-10-13-16-19-22-25-27-29-31-32-34-37-39-42-45-48-51-54-60(62)65-58-59(66-61(63)55-52-49-46-43-40-36-24-21-18-15-12-9-6-3)57-64-56-53-50-47-44-41-38-35-33-30-28-26-23-20-17-14-11-8-5-2/h7-8,10-12,15-17,19-21,24-28,31-33,35,37,39,41,44-45,48,59H,4-6,9,13-14,18,22-23,29-30,34,36,38,40,42-43,46-47,49-58H2,1-3H3/b10-7-,11-8-,15-12-,19-16-,20-17-,24-21-,27-25-,28-26-,32-31-,35-33-,39-37-,44-41-,48-45-. The molecule has 0 N–H and O–H groups in total. The third kappa shape index (κ3) is 52.1. The molecule has 0 aliphatic carbocycles. The number of unbranched alkanes of at least 4 members (excludes halogenated alkanes) is 8. The first-order valence-corrected chi connectivity index (χ1v) is 26.0. The summed E-state index contributed by atoms with van der Waals surface area (Å²) in [6.07, 6.45) is 81.3. The van der Waals surface area contributed by atoms with Crippen molar-refractivity contribution in [2.45, 2.75) is 194 Å². The Hall–Kier alpha value is -4.48. The monoisotopic (exact) mass is 907 g/mol. The fraction of sp³-hybridized carbons (Fsp3) is 0.541. The second kappa shape index (κ2) is 54.9. The van der Waals surface area contributed by atoms with Crippen molar-refractivity contribution in [1.82, 2.24) is 0 Å². The topological polar surface area (TPSA) is 61.8 Å². The number of hydrogen-bond acceptors (Lipinski definition) is 5. The van der Waals surface area contributed by atoms with E-state index < -0.39 is 6.10 Å². The van der Waals surface area contributed by atoms with Crippen LogP contribution in [0.25, 0.3) is 0 Å². The van der Waals surface area contributed by atoms with Gasteiger partial charge < -0.3 is 14.2 Å². The summed E-state index contributed by atoms with van der Waals surface area (Å²) in [5.41, 5.74) is 0. The molecule has 368 valence electrons. The third-order valence-corrected chi connectivity index (χ3v) is 10.0. The number of allylic oxidation sites excluding steroid dienone is 26. The van der Waals surface area contributed by atoms with Crippen molar-refractivity contribution in [3.8, 4) is 0 Å². The summed E-state index contributed by atoms with van der Waals surface area (Å²) >= 11 is 0. The van der Waals surface area contributed by atoms with Crippen LogP contribution < -0.4 is 0 Å². The molecule has 0 aliphatic rings. The molecule has 66 heavy (non-hydrogen) atoms. The van der Waals surface area contributed by atoms with Crippen LogP contribution in [-0.2, 0) is 23.8 Å².